The van der Waals surface area contributed by atoms with Gasteiger partial charge in [-0.3, -0.25) is 4.79 Å². The molecule has 0 bridgehead atoms. The number of para-hydroxylation sites is 1. The summed E-state index contributed by atoms with van der Waals surface area (Å²) >= 11 is 13.4. The lowest BCUT2D eigenvalue weighted by Gasteiger charge is -2.08. The van der Waals surface area contributed by atoms with Crippen LogP contribution in [0.15, 0.2) is 24.3 Å². The first kappa shape index (κ1) is 16.1. The first-order chi connectivity index (χ1) is 10.9. The number of amides is 1. The Labute approximate surface area is 147 Å². The summed E-state index contributed by atoms with van der Waals surface area (Å²) < 4.78 is 0. The molecule has 0 fully saturated rings. The molecule has 0 aliphatic heterocycles. The van der Waals surface area contributed by atoms with E-state index in [1.807, 2.05) is 19.9 Å². The molecule has 2 aromatic heterocycles. The third-order valence-corrected chi connectivity index (χ3v) is 5.16. The normalized spacial score (nSPS) is 11.0. The second-order valence-electron chi connectivity index (χ2n) is 5.16. The Hall–Kier alpha value is -1.82. The maximum Gasteiger partial charge on any atom is 0.268 e. The van der Waals surface area contributed by atoms with E-state index in [9.17, 15) is 4.79 Å². The number of benzene rings is 1. The number of carbonyl (C=O) groups is 1. The largest absolute Gasteiger partial charge is 0.397 e. The van der Waals surface area contributed by atoms with Crippen LogP contribution in [0.2, 0.25) is 10.0 Å². The van der Waals surface area contributed by atoms with Crippen molar-refractivity contribution in [3.8, 4) is 0 Å². The van der Waals surface area contributed by atoms with Crippen molar-refractivity contribution in [3.05, 3.63) is 50.4 Å². The van der Waals surface area contributed by atoms with Crippen LogP contribution in [0.25, 0.3) is 10.2 Å². The fraction of sp³-hybridized carbons (Fsp3) is 0.125. The predicted octanol–water partition coefficient (Wildman–Crippen LogP) is 5.05. The zero-order valence-electron chi connectivity index (χ0n) is 12.4. The van der Waals surface area contributed by atoms with E-state index in [4.69, 9.17) is 28.9 Å². The number of hydrogen-bond donors (Lipinski definition) is 2. The number of aryl methyl sites for hydroxylation is 2. The molecular formula is C16H13Cl2N3OS. The number of hydrogen-bond acceptors (Lipinski definition) is 4. The lowest BCUT2D eigenvalue weighted by Crippen LogP contribution is -2.12. The summed E-state index contributed by atoms with van der Waals surface area (Å²) in [4.78, 5) is 18.2. The van der Waals surface area contributed by atoms with Crippen LogP contribution in [0.4, 0.5) is 11.4 Å². The summed E-state index contributed by atoms with van der Waals surface area (Å²) in [5.74, 6) is -0.349. The fourth-order valence-corrected chi connectivity index (χ4v) is 4.03. The van der Waals surface area contributed by atoms with Gasteiger partial charge in [-0.05, 0) is 37.6 Å². The van der Waals surface area contributed by atoms with Gasteiger partial charge in [-0.2, -0.15) is 0 Å². The molecule has 0 aliphatic rings. The van der Waals surface area contributed by atoms with Gasteiger partial charge in [0.25, 0.3) is 5.91 Å². The smallest absolute Gasteiger partial charge is 0.268 e. The van der Waals surface area contributed by atoms with Crippen LogP contribution < -0.4 is 11.1 Å². The maximum atomic E-state index is 12.6. The molecule has 3 rings (SSSR count). The van der Waals surface area contributed by atoms with Crippen LogP contribution in [0.5, 0.6) is 0 Å². The molecule has 3 aromatic rings. The Bertz CT molecular complexity index is 916. The lowest BCUT2D eigenvalue weighted by atomic mass is 10.1. The van der Waals surface area contributed by atoms with E-state index in [0.29, 0.717) is 26.3 Å². The highest BCUT2D eigenvalue weighted by Gasteiger charge is 2.20. The summed E-state index contributed by atoms with van der Waals surface area (Å²) in [7, 11) is 0. The van der Waals surface area contributed by atoms with E-state index in [1.165, 1.54) is 11.3 Å². The van der Waals surface area contributed by atoms with Crippen molar-refractivity contribution in [1.29, 1.82) is 0 Å². The van der Waals surface area contributed by atoms with Crippen molar-refractivity contribution in [3.63, 3.8) is 0 Å². The zero-order chi connectivity index (χ0) is 16.7. The van der Waals surface area contributed by atoms with Gasteiger partial charge in [0.2, 0.25) is 0 Å². The van der Waals surface area contributed by atoms with Gasteiger partial charge in [0.15, 0.2) is 0 Å². The molecule has 1 aromatic carbocycles. The highest BCUT2D eigenvalue weighted by Crippen LogP contribution is 2.36. The topological polar surface area (TPSA) is 68.0 Å². The van der Waals surface area contributed by atoms with Gasteiger partial charge in [0.05, 0.1) is 21.4 Å². The third kappa shape index (κ3) is 2.87. The number of fused-ring (bicyclic) bond motifs is 1. The van der Waals surface area contributed by atoms with Gasteiger partial charge in [-0.1, -0.05) is 29.3 Å². The highest BCUT2D eigenvalue weighted by atomic mass is 35.5. The van der Waals surface area contributed by atoms with E-state index < -0.39 is 0 Å². The molecular weight excluding hydrogens is 353 g/mol. The molecule has 0 spiro atoms. The number of anilines is 2. The van der Waals surface area contributed by atoms with Crippen molar-refractivity contribution in [2.45, 2.75) is 13.8 Å². The van der Waals surface area contributed by atoms with Crippen molar-refractivity contribution in [1.82, 2.24) is 4.98 Å². The van der Waals surface area contributed by atoms with Crippen LogP contribution >= 0.6 is 34.5 Å². The van der Waals surface area contributed by atoms with Crippen LogP contribution in [-0.2, 0) is 0 Å². The van der Waals surface area contributed by atoms with Crippen molar-refractivity contribution < 1.29 is 4.79 Å². The molecule has 2 heterocycles. The quantitative estimate of drug-likeness (QED) is 0.667. The molecule has 3 N–H and O–H groups in total. The number of rotatable bonds is 2. The fourth-order valence-electron chi connectivity index (χ4n) is 2.43. The van der Waals surface area contributed by atoms with Crippen LogP contribution in [0, 0.1) is 13.8 Å². The van der Waals surface area contributed by atoms with Crippen molar-refractivity contribution in [2.75, 3.05) is 11.1 Å². The van der Waals surface area contributed by atoms with Gasteiger partial charge >= 0.3 is 0 Å². The lowest BCUT2D eigenvalue weighted by molar-refractivity contribution is 0.103. The Morgan fingerprint density at radius 3 is 2.57 bits per heavy atom. The minimum atomic E-state index is -0.349. The Kier molecular flexibility index (Phi) is 4.19. The van der Waals surface area contributed by atoms with Gasteiger partial charge in [-0.15, -0.1) is 11.3 Å². The minimum Gasteiger partial charge on any atom is -0.397 e. The number of halogens is 2. The second kappa shape index (κ2) is 6.00. The van der Waals surface area contributed by atoms with E-state index >= 15 is 0 Å². The van der Waals surface area contributed by atoms with E-state index in [0.717, 1.165) is 21.5 Å². The summed E-state index contributed by atoms with van der Waals surface area (Å²) in [5.41, 5.74) is 8.85. The summed E-state index contributed by atoms with van der Waals surface area (Å²) in [6.07, 6.45) is 0. The van der Waals surface area contributed by atoms with E-state index in [1.54, 1.807) is 18.2 Å². The van der Waals surface area contributed by atoms with E-state index in [2.05, 4.69) is 10.3 Å². The van der Waals surface area contributed by atoms with Gasteiger partial charge in [0, 0.05) is 11.1 Å². The second-order valence-corrected chi connectivity index (χ2v) is 6.97. The Morgan fingerprint density at radius 2 is 1.91 bits per heavy atom. The van der Waals surface area contributed by atoms with Crippen molar-refractivity contribution in [2.24, 2.45) is 0 Å². The zero-order valence-corrected chi connectivity index (χ0v) is 14.7. The molecule has 23 heavy (non-hydrogen) atoms. The molecule has 0 saturated heterocycles. The number of pyridine rings is 1. The summed E-state index contributed by atoms with van der Waals surface area (Å²) in [6, 6.07) is 6.97. The van der Waals surface area contributed by atoms with Gasteiger partial charge in [0.1, 0.15) is 9.71 Å². The average molecular weight is 366 g/mol. The van der Waals surface area contributed by atoms with Crippen molar-refractivity contribution >= 4 is 62.0 Å². The SMILES string of the molecule is Cc1cc(C)c2c(N)c(C(=O)Nc3c(Cl)cccc3Cl)sc2n1. The number of nitrogen functional groups attached to an aromatic ring is 1. The molecule has 0 saturated carbocycles. The third-order valence-electron chi connectivity index (χ3n) is 3.43. The molecule has 4 nitrogen and oxygen atoms in total. The number of carbonyl (C=O) groups excluding carboxylic acids is 1. The summed E-state index contributed by atoms with van der Waals surface area (Å²) in [5, 5.41) is 4.29. The maximum absolute atomic E-state index is 12.6. The Balaban J connectivity index is 2.05. The van der Waals surface area contributed by atoms with Crippen LogP contribution in [-0.4, -0.2) is 10.9 Å². The highest BCUT2D eigenvalue weighted by molar-refractivity contribution is 7.21. The first-order valence-corrected chi connectivity index (χ1v) is 8.37. The average Bonchev–Trinajstić information content (AvgIpc) is 2.80. The summed E-state index contributed by atoms with van der Waals surface area (Å²) in [6.45, 7) is 3.86. The molecule has 0 radical (unpaired) electrons. The number of nitrogens with one attached hydrogen (secondary N) is 1. The molecule has 118 valence electrons. The predicted molar refractivity (Wildman–Crippen MR) is 97.9 cm³/mol. The molecule has 0 aliphatic carbocycles. The standard InChI is InChI=1S/C16H13Cl2N3OS/c1-7-6-8(2)20-16-11(7)12(19)14(23-16)15(22)21-13-9(17)4-3-5-10(13)18/h3-6H,19H2,1-2H3,(H,21,22). The molecule has 0 unspecified atom stereocenters. The van der Waals surface area contributed by atoms with Gasteiger partial charge < -0.3 is 11.1 Å². The van der Waals surface area contributed by atoms with Crippen LogP contribution in [0.1, 0.15) is 20.9 Å². The molecule has 1 amide bonds. The molecule has 7 heteroatoms. The minimum absolute atomic E-state index is 0.349. The monoisotopic (exact) mass is 365 g/mol. The Morgan fingerprint density at radius 1 is 1.26 bits per heavy atom. The van der Waals surface area contributed by atoms with Gasteiger partial charge in [-0.25, -0.2) is 4.98 Å². The molecule has 0 atom stereocenters. The number of thiophene rings is 1. The van der Waals surface area contributed by atoms with Crippen LogP contribution in [0.3, 0.4) is 0 Å². The first-order valence-electron chi connectivity index (χ1n) is 6.80. The number of nitrogens with zero attached hydrogens (tertiary/aromatic N) is 1. The number of aromatic nitrogens is 1. The van der Waals surface area contributed by atoms with E-state index in [-0.39, 0.29) is 5.91 Å². The number of nitrogens with two attached hydrogens (primary N) is 1.